The summed E-state index contributed by atoms with van der Waals surface area (Å²) in [6.45, 7) is 6.07. The smallest absolute Gasteiger partial charge is 0.348 e. The van der Waals surface area contributed by atoms with E-state index in [1.165, 1.54) is 11.3 Å². The van der Waals surface area contributed by atoms with Crippen LogP contribution in [-0.4, -0.2) is 27.9 Å². The van der Waals surface area contributed by atoms with Gasteiger partial charge < -0.3 is 9.72 Å². The molecule has 0 bridgehead atoms. The molecule has 0 spiro atoms. The van der Waals surface area contributed by atoms with Gasteiger partial charge in [-0.1, -0.05) is 29.8 Å². The molecule has 2 heterocycles. The fraction of sp³-hybridized carbons (Fsp3) is 0.500. The molecule has 7 heteroatoms. The zero-order chi connectivity index (χ0) is 15.6. The molecule has 0 atom stereocenters. The van der Waals surface area contributed by atoms with Crippen molar-refractivity contribution in [2.45, 2.75) is 27.2 Å². The van der Waals surface area contributed by atoms with E-state index in [4.69, 9.17) is 4.74 Å². The number of alkyl halides is 1. The van der Waals surface area contributed by atoms with E-state index in [0.717, 1.165) is 5.33 Å². The number of aryl methyl sites for hydroxylation is 2. The highest BCUT2D eigenvalue weighted by molar-refractivity contribution is 9.09. The van der Waals surface area contributed by atoms with Gasteiger partial charge in [-0.3, -0.25) is 4.79 Å². The Morgan fingerprint density at radius 2 is 2.19 bits per heavy atom. The van der Waals surface area contributed by atoms with Gasteiger partial charge in [-0.15, -0.1) is 11.3 Å². The first-order valence-electron chi connectivity index (χ1n) is 6.69. The van der Waals surface area contributed by atoms with E-state index in [0.29, 0.717) is 39.5 Å². The average Bonchev–Trinajstić information content (AvgIpc) is 2.74. The molecule has 5 nitrogen and oxygen atoms in total. The number of halogens is 1. The molecule has 0 amide bonds. The SMILES string of the molecule is Cc1c(C(=O)OCC(C)C)sc2nc(CCBr)[nH]c(=O)c12. The van der Waals surface area contributed by atoms with Crippen LogP contribution in [0.15, 0.2) is 4.79 Å². The lowest BCUT2D eigenvalue weighted by Gasteiger charge is -2.05. The molecule has 0 aliphatic heterocycles. The van der Waals surface area contributed by atoms with Crippen LogP contribution >= 0.6 is 27.3 Å². The molecule has 2 aromatic rings. The van der Waals surface area contributed by atoms with E-state index in [9.17, 15) is 9.59 Å². The summed E-state index contributed by atoms with van der Waals surface area (Å²) in [6.07, 6.45) is 0.634. The molecule has 0 saturated heterocycles. The quantitative estimate of drug-likeness (QED) is 0.646. The average molecular weight is 373 g/mol. The van der Waals surface area contributed by atoms with Crippen LogP contribution in [0.25, 0.3) is 10.2 Å². The number of thiophene rings is 1. The molecule has 0 aliphatic rings. The highest BCUT2D eigenvalue weighted by atomic mass is 79.9. The van der Waals surface area contributed by atoms with Crippen LogP contribution in [0.4, 0.5) is 0 Å². The van der Waals surface area contributed by atoms with Crippen molar-refractivity contribution in [3.05, 3.63) is 26.6 Å². The number of carbonyl (C=O) groups excluding carboxylic acids is 1. The van der Waals surface area contributed by atoms with Gasteiger partial charge in [0.2, 0.25) is 0 Å². The number of carbonyl (C=O) groups is 1. The van der Waals surface area contributed by atoms with Crippen LogP contribution in [0, 0.1) is 12.8 Å². The van der Waals surface area contributed by atoms with E-state index in [1.54, 1.807) is 6.92 Å². The van der Waals surface area contributed by atoms with Crippen molar-refractivity contribution in [2.75, 3.05) is 11.9 Å². The Morgan fingerprint density at radius 3 is 2.81 bits per heavy atom. The zero-order valence-electron chi connectivity index (χ0n) is 12.2. The molecule has 0 fully saturated rings. The fourth-order valence-electron chi connectivity index (χ4n) is 1.90. The fourth-order valence-corrected chi connectivity index (χ4v) is 3.37. The molecule has 0 aliphatic carbocycles. The van der Waals surface area contributed by atoms with Crippen molar-refractivity contribution >= 4 is 43.5 Å². The highest BCUT2D eigenvalue weighted by Gasteiger charge is 2.20. The third-order valence-corrected chi connectivity index (χ3v) is 4.48. The van der Waals surface area contributed by atoms with Crippen molar-refractivity contribution in [2.24, 2.45) is 5.92 Å². The first-order chi connectivity index (χ1) is 9.93. The summed E-state index contributed by atoms with van der Waals surface area (Å²) >= 11 is 4.54. The number of aromatic nitrogens is 2. The lowest BCUT2D eigenvalue weighted by atomic mass is 10.2. The minimum Gasteiger partial charge on any atom is -0.461 e. The monoisotopic (exact) mass is 372 g/mol. The molecule has 21 heavy (non-hydrogen) atoms. The molecule has 0 aromatic carbocycles. The van der Waals surface area contributed by atoms with Gasteiger partial charge >= 0.3 is 5.97 Å². The maximum atomic E-state index is 12.1. The van der Waals surface area contributed by atoms with Crippen molar-refractivity contribution in [1.82, 2.24) is 9.97 Å². The van der Waals surface area contributed by atoms with Crippen molar-refractivity contribution in [1.29, 1.82) is 0 Å². The van der Waals surface area contributed by atoms with Gasteiger partial charge in [-0.05, 0) is 18.4 Å². The number of aromatic amines is 1. The topological polar surface area (TPSA) is 72.0 Å². The molecule has 114 valence electrons. The lowest BCUT2D eigenvalue weighted by Crippen LogP contribution is -2.12. The summed E-state index contributed by atoms with van der Waals surface area (Å²) in [5, 5.41) is 1.20. The summed E-state index contributed by atoms with van der Waals surface area (Å²) in [5.41, 5.74) is 0.440. The van der Waals surface area contributed by atoms with Crippen molar-refractivity contribution < 1.29 is 9.53 Å². The Balaban J connectivity index is 2.43. The molecular weight excluding hydrogens is 356 g/mol. The summed E-state index contributed by atoms with van der Waals surface area (Å²) in [7, 11) is 0. The first-order valence-corrected chi connectivity index (χ1v) is 8.63. The molecule has 2 rings (SSSR count). The summed E-state index contributed by atoms with van der Waals surface area (Å²) in [5.74, 6) is 0.508. The number of fused-ring (bicyclic) bond motifs is 1. The van der Waals surface area contributed by atoms with Crippen LogP contribution in [-0.2, 0) is 11.2 Å². The van der Waals surface area contributed by atoms with Crippen LogP contribution < -0.4 is 5.56 Å². The number of ether oxygens (including phenoxy) is 1. The second-order valence-electron chi connectivity index (χ2n) is 5.18. The van der Waals surface area contributed by atoms with Gasteiger partial charge in [0.15, 0.2) is 0 Å². The predicted molar refractivity (Wildman–Crippen MR) is 87.6 cm³/mol. The summed E-state index contributed by atoms with van der Waals surface area (Å²) in [6, 6.07) is 0. The van der Waals surface area contributed by atoms with Gasteiger partial charge in [0.25, 0.3) is 5.56 Å². The minimum atomic E-state index is -0.384. The Kier molecular flexibility index (Phi) is 5.16. The Labute approximate surface area is 134 Å². The largest absolute Gasteiger partial charge is 0.461 e. The maximum absolute atomic E-state index is 12.1. The number of nitrogens with one attached hydrogen (secondary N) is 1. The van der Waals surface area contributed by atoms with Gasteiger partial charge in [0, 0.05) is 11.8 Å². The van der Waals surface area contributed by atoms with Gasteiger partial charge in [-0.2, -0.15) is 0 Å². The molecule has 0 saturated carbocycles. The minimum absolute atomic E-state index is 0.201. The van der Waals surface area contributed by atoms with Gasteiger partial charge in [0.1, 0.15) is 15.5 Å². The van der Waals surface area contributed by atoms with E-state index in [1.807, 2.05) is 13.8 Å². The van der Waals surface area contributed by atoms with Crippen LogP contribution in [0.3, 0.4) is 0 Å². The molecule has 0 radical (unpaired) electrons. The van der Waals surface area contributed by atoms with Crippen LogP contribution in [0.2, 0.25) is 0 Å². The zero-order valence-corrected chi connectivity index (χ0v) is 14.6. The third-order valence-electron chi connectivity index (χ3n) is 2.91. The second-order valence-corrected chi connectivity index (χ2v) is 6.97. The van der Waals surface area contributed by atoms with Gasteiger partial charge in [-0.25, -0.2) is 9.78 Å². The molecular formula is C14H17BrN2O3S. The Morgan fingerprint density at radius 1 is 1.48 bits per heavy atom. The van der Waals surface area contributed by atoms with Crippen molar-refractivity contribution in [3.63, 3.8) is 0 Å². The number of hydrogen-bond donors (Lipinski definition) is 1. The van der Waals surface area contributed by atoms with E-state index in [2.05, 4.69) is 25.9 Å². The Hall–Kier alpha value is -1.21. The third kappa shape index (κ3) is 3.52. The summed E-state index contributed by atoms with van der Waals surface area (Å²) < 4.78 is 5.24. The van der Waals surface area contributed by atoms with Crippen LogP contribution in [0.1, 0.15) is 34.9 Å². The molecule has 0 unspecified atom stereocenters. The Bertz CT molecular complexity index is 721. The predicted octanol–water partition coefficient (Wildman–Crippen LogP) is 3.04. The summed E-state index contributed by atoms with van der Waals surface area (Å²) in [4.78, 5) is 32.5. The molecule has 1 N–H and O–H groups in total. The van der Waals surface area contributed by atoms with E-state index >= 15 is 0 Å². The lowest BCUT2D eigenvalue weighted by molar-refractivity contribution is 0.0464. The second kappa shape index (κ2) is 6.70. The normalized spacial score (nSPS) is 11.3. The van der Waals surface area contributed by atoms with Crippen molar-refractivity contribution in [3.8, 4) is 0 Å². The van der Waals surface area contributed by atoms with Crippen LogP contribution in [0.5, 0.6) is 0 Å². The standard InChI is InChI=1S/C14H17BrN2O3S/c1-7(2)6-20-14(19)11-8(3)10-12(18)16-9(4-5-15)17-13(10)21-11/h7H,4-6H2,1-3H3,(H,16,17,18). The van der Waals surface area contributed by atoms with E-state index in [-0.39, 0.29) is 17.4 Å². The number of hydrogen-bond acceptors (Lipinski definition) is 5. The van der Waals surface area contributed by atoms with E-state index < -0.39 is 0 Å². The first kappa shape index (κ1) is 16.2. The number of H-pyrrole nitrogens is 1. The highest BCUT2D eigenvalue weighted by Crippen LogP contribution is 2.27. The number of nitrogens with zero attached hydrogens (tertiary/aromatic N) is 1. The molecule has 2 aromatic heterocycles. The van der Waals surface area contributed by atoms with Gasteiger partial charge in [0.05, 0.1) is 12.0 Å². The number of esters is 1. The number of rotatable bonds is 5. The maximum Gasteiger partial charge on any atom is 0.348 e.